The first-order valence-corrected chi connectivity index (χ1v) is 5.66. The summed E-state index contributed by atoms with van der Waals surface area (Å²) in [5.74, 6) is 0. The van der Waals surface area contributed by atoms with Crippen LogP contribution >= 0.6 is 23.0 Å². The topological polar surface area (TPSA) is 36.9 Å². The van der Waals surface area contributed by atoms with Crippen LogP contribution in [0.2, 0.25) is 0 Å². The molecule has 0 fully saturated rings. The van der Waals surface area contributed by atoms with Crippen molar-refractivity contribution in [3.05, 3.63) is 0 Å². The number of rotatable bonds is 10. The second-order valence-corrected chi connectivity index (χ2v) is 3.58. The van der Waals surface area contributed by atoms with E-state index < -0.39 is 0 Å². The fourth-order valence-corrected chi connectivity index (χ4v) is 0.935. The molecular formula is C9H19IO4. The third kappa shape index (κ3) is 12.6. The van der Waals surface area contributed by atoms with Crippen LogP contribution in [0.3, 0.4) is 0 Å². The molecule has 0 spiro atoms. The molecule has 0 radical (unpaired) electrons. The van der Waals surface area contributed by atoms with Crippen molar-refractivity contribution in [2.75, 3.05) is 39.6 Å². The minimum Gasteiger partial charge on any atom is -0.377 e. The lowest BCUT2D eigenvalue weighted by Gasteiger charge is -2.08. The lowest BCUT2D eigenvalue weighted by Crippen LogP contribution is -2.13. The molecule has 0 amide bonds. The molecule has 0 aliphatic carbocycles. The Kier molecular flexibility index (Phi) is 12.1. The van der Waals surface area contributed by atoms with Crippen molar-refractivity contribution in [3.63, 3.8) is 0 Å². The first kappa shape index (κ1) is 14.6. The van der Waals surface area contributed by atoms with Gasteiger partial charge in [0.2, 0.25) is 0 Å². The molecule has 0 rings (SSSR count). The SMILES string of the molecule is CC(C)OCCOCCOCCOI. The molecule has 86 valence electrons. The lowest BCUT2D eigenvalue weighted by atomic mass is 10.5. The number of halogens is 1. The van der Waals surface area contributed by atoms with Crippen LogP contribution in [0.4, 0.5) is 0 Å². The maximum atomic E-state index is 5.30. The van der Waals surface area contributed by atoms with Crippen LogP contribution in [0.5, 0.6) is 0 Å². The number of ether oxygens (including phenoxy) is 3. The molecule has 0 heterocycles. The van der Waals surface area contributed by atoms with Gasteiger partial charge in [-0.25, -0.2) is 0 Å². The van der Waals surface area contributed by atoms with Gasteiger partial charge in [0.15, 0.2) is 0 Å². The smallest absolute Gasteiger partial charge is 0.109 e. The molecule has 0 saturated carbocycles. The van der Waals surface area contributed by atoms with Crippen LogP contribution in [-0.4, -0.2) is 45.7 Å². The normalized spacial score (nSPS) is 11.1. The quantitative estimate of drug-likeness (QED) is 0.455. The summed E-state index contributed by atoms with van der Waals surface area (Å²) in [5.41, 5.74) is 0. The van der Waals surface area contributed by atoms with Gasteiger partial charge in [-0.2, -0.15) is 0 Å². The molecule has 5 heteroatoms. The highest BCUT2D eigenvalue weighted by Crippen LogP contribution is 1.88. The molecule has 0 aromatic rings. The van der Waals surface area contributed by atoms with Gasteiger partial charge in [-0.15, -0.1) is 0 Å². The maximum Gasteiger partial charge on any atom is 0.109 e. The van der Waals surface area contributed by atoms with E-state index in [2.05, 4.69) is 0 Å². The van der Waals surface area contributed by atoms with Crippen molar-refractivity contribution < 1.29 is 17.3 Å². The highest BCUT2D eigenvalue weighted by atomic mass is 127. The van der Waals surface area contributed by atoms with Gasteiger partial charge in [-0.05, 0) is 13.8 Å². The second kappa shape index (κ2) is 11.6. The maximum absolute atomic E-state index is 5.30. The molecule has 0 atom stereocenters. The predicted molar refractivity (Wildman–Crippen MR) is 62.7 cm³/mol. The van der Waals surface area contributed by atoms with Gasteiger partial charge < -0.3 is 17.3 Å². The van der Waals surface area contributed by atoms with Crippen LogP contribution in [0.25, 0.3) is 0 Å². The molecule has 0 unspecified atom stereocenters. The van der Waals surface area contributed by atoms with Crippen LogP contribution in [-0.2, 0) is 17.3 Å². The molecule has 0 N–H and O–H groups in total. The Balaban J connectivity index is 2.85. The Bertz CT molecular complexity index is 111. The first-order valence-electron chi connectivity index (χ1n) is 4.78. The van der Waals surface area contributed by atoms with E-state index in [0.29, 0.717) is 39.6 Å². The summed E-state index contributed by atoms with van der Waals surface area (Å²) in [5, 5.41) is 0. The first-order chi connectivity index (χ1) is 6.77. The second-order valence-electron chi connectivity index (χ2n) is 2.96. The third-order valence-electron chi connectivity index (χ3n) is 1.36. The van der Waals surface area contributed by atoms with Crippen molar-refractivity contribution in [2.45, 2.75) is 20.0 Å². The van der Waals surface area contributed by atoms with E-state index in [0.717, 1.165) is 0 Å². The minimum atomic E-state index is 0.274. The zero-order valence-corrected chi connectivity index (χ0v) is 11.0. The molecule has 0 aromatic heterocycles. The molecular weight excluding hydrogens is 299 g/mol. The molecule has 4 nitrogen and oxygen atoms in total. The fourth-order valence-electron chi connectivity index (χ4n) is 0.755. The molecule has 0 bridgehead atoms. The predicted octanol–water partition coefficient (Wildman–Crippen LogP) is 1.81. The average Bonchev–Trinajstić information content (AvgIpc) is 2.15. The summed E-state index contributed by atoms with van der Waals surface area (Å²) < 4.78 is 20.6. The zero-order chi connectivity index (χ0) is 10.6. The van der Waals surface area contributed by atoms with Gasteiger partial charge in [0, 0.05) is 0 Å². The average molecular weight is 318 g/mol. The number of hydrogen-bond donors (Lipinski definition) is 0. The standard InChI is InChI=1S/C9H19IO4/c1-9(2)13-7-5-11-3-4-12-6-8-14-10/h9H,3-8H2,1-2H3. The van der Waals surface area contributed by atoms with E-state index in [-0.39, 0.29) is 6.10 Å². The van der Waals surface area contributed by atoms with Gasteiger partial charge in [0.25, 0.3) is 0 Å². The fraction of sp³-hybridized carbons (Fsp3) is 1.00. The molecule has 0 aliphatic heterocycles. The third-order valence-corrected chi connectivity index (χ3v) is 1.80. The van der Waals surface area contributed by atoms with E-state index in [9.17, 15) is 0 Å². The van der Waals surface area contributed by atoms with E-state index >= 15 is 0 Å². The summed E-state index contributed by atoms with van der Waals surface area (Å²) in [7, 11) is 0. The van der Waals surface area contributed by atoms with Crippen molar-refractivity contribution in [3.8, 4) is 0 Å². The summed E-state index contributed by atoms with van der Waals surface area (Å²) >= 11 is 1.85. The highest BCUT2D eigenvalue weighted by Gasteiger charge is 1.93. The van der Waals surface area contributed by atoms with Crippen LogP contribution < -0.4 is 0 Å². The van der Waals surface area contributed by atoms with Crippen molar-refractivity contribution in [1.29, 1.82) is 0 Å². The zero-order valence-electron chi connectivity index (χ0n) is 8.83. The Morgan fingerprint density at radius 1 is 0.857 bits per heavy atom. The molecule has 0 aromatic carbocycles. The van der Waals surface area contributed by atoms with Crippen molar-refractivity contribution in [2.24, 2.45) is 0 Å². The van der Waals surface area contributed by atoms with E-state index in [1.807, 2.05) is 36.9 Å². The lowest BCUT2D eigenvalue weighted by molar-refractivity contribution is -0.00343. The summed E-state index contributed by atoms with van der Waals surface area (Å²) in [6.45, 7) is 7.76. The van der Waals surface area contributed by atoms with Gasteiger partial charge in [0.05, 0.1) is 45.7 Å². The molecule has 0 saturated heterocycles. The van der Waals surface area contributed by atoms with Crippen LogP contribution in [0.1, 0.15) is 13.8 Å². The Labute approximate surface area is 99.9 Å². The minimum absolute atomic E-state index is 0.274. The van der Waals surface area contributed by atoms with Gasteiger partial charge in [0.1, 0.15) is 23.0 Å². The van der Waals surface area contributed by atoms with Crippen molar-refractivity contribution >= 4 is 23.0 Å². The van der Waals surface area contributed by atoms with Crippen molar-refractivity contribution in [1.82, 2.24) is 0 Å². The monoisotopic (exact) mass is 318 g/mol. The Morgan fingerprint density at radius 3 is 1.86 bits per heavy atom. The van der Waals surface area contributed by atoms with E-state index in [1.165, 1.54) is 0 Å². The van der Waals surface area contributed by atoms with E-state index in [1.54, 1.807) is 0 Å². The molecule has 0 aliphatic rings. The highest BCUT2D eigenvalue weighted by molar-refractivity contribution is 14.1. The summed E-state index contributed by atoms with van der Waals surface area (Å²) in [6, 6.07) is 0. The molecule has 14 heavy (non-hydrogen) atoms. The number of hydrogen-bond acceptors (Lipinski definition) is 4. The van der Waals surface area contributed by atoms with Gasteiger partial charge >= 0.3 is 0 Å². The van der Waals surface area contributed by atoms with Gasteiger partial charge in [-0.1, -0.05) is 0 Å². The summed E-state index contributed by atoms with van der Waals surface area (Å²) in [6.07, 6.45) is 0.274. The summed E-state index contributed by atoms with van der Waals surface area (Å²) in [4.78, 5) is 0. The Morgan fingerprint density at radius 2 is 1.36 bits per heavy atom. The Hall–Kier alpha value is 0.570. The van der Waals surface area contributed by atoms with Crippen LogP contribution in [0.15, 0.2) is 0 Å². The van der Waals surface area contributed by atoms with Gasteiger partial charge in [-0.3, -0.25) is 0 Å². The van der Waals surface area contributed by atoms with Crippen LogP contribution in [0, 0.1) is 0 Å². The largest absolute Gasteiger partial charge is 0.377 e. The van der Waals surface area contributed by atoms with E-state index in [4.69, 9.17) is 17.3 Å².